The van der Waals surface area contributed by atoms with Crippen molar-refractivity contribution in [3.8, 4) is 5.69 Å². The van der Waals surface area contributed by atoms with Crippen LogP contribution in [0.15, 0.2) is 69.4 Å². The molecule has 1 atom stereocenters. The molecule has 4 rings (SSSR count). The van der Waals surface area contributed by atoms with Crippen LogP contribution in [0.3, 0.4) is 0 Å². The van der Waals surface area contributed by atoms with Crippen LogP contribution in [-0.2, 0) is 6.42 Å². The number of nitro groups is 1. The lowest BCUT2D eigenvalue weighted by molar-refractivity contribution is -0.384. The summed E-state index contributed by atoms with van der Waals surface area (Å²) in [7, 11) is 0. The first kappa shape index (κ1) is 18.8. The topological polar surface area (TPSA) is 78.0 Å². The summed E-state index contributed by atoms with van der Waals surface area (Å²) in [5, 5.41) is 11.7. The van der Waals surface area contributed by atoms with Gasteiger partial charge < -0.3 is 0 Å². The van der Waals surface area contributed by atoms with Crippen molar-refractivity contribution in [3.05, 3.63) is 86.3 Å². The van der Waals surface area contributed by atoms with Crippen molar-refractivity contribution < 1.29 is 4.92 Å². The zero-order valence-corrected chi connectivity index (χ0v) is 16.7. The van der Waals surface area contributed by atoms with Crippen molar-refractivity contribution >= 4 is 29.2 Å². The fourth-order valence-corrected chi connectivity index (χ4v) is 5.17. The molecular formula is C20H17N3O3S2. The molecule has 0 N–H and O–H groups in total. The van der Waals surface area contributed by atoms with Gasteiger partial charge in [-0.05, 0) is 24.6 Å². The van der Waals surface area contributed by atoms with Crippen LogP contribution in [-0.4, -0.2) is 20.2 Å². The summed E-state index contributed by atoms with van der Waals surface area (Å²) < 4.78 is 1.57. The van der Waals surface area contributed by atoms with E-state index in [4.69, 9.17) is 4.98 Å². The number of hydrogen-bond acceptors (Lipinski definition) is 6. The third-order valence-electron chi connectivity index (χ3n) is 4.54. The van der Waals surface area contributed by atoms with Crippen molar-refractivity contribution in [2.24, 2.45) is 0 Å². The molecule has 0 radical (unpaired) electrons. The van der Waals surface area contributed by atoms with Gasteiger partial charge in [0.15, 0.2) is 5.16 Å². The highest BCUT2D eigenvalue weighted by atomic mass is 32.2. The van der Waals surface area contributed by atoms with Crippen molar-refractivity contribution in [2.75, 3.05) is 5.75 Å². The molecule has 0 saturated heterocycles. The lowest BCUT2D eigenvalue weighted by Gasteiger charge is -2.17. The molecule has 0 saturated carbocycles. The fraction of sp³-hybridized carbons (Fsp3) is 0.200. The number of aromatic nitrogens is 2. The highest BCUT2D eigenvalue weighted by Gasteiger charge is 2.24. The average Bonchev–Trinajstić information content (AvgIpc) is 3.18. The van der Waals surface area contributed by atoms with Crippen LogP contribution in [0.25, 0.3) is 5.69 Å². The molecule has 1 aliphatic rings. The predicted molar refractivity (Wildman–Crippen MR) is 112 cm³/mol. The van der Waals surface area contributed by atoms with Gasteiger partial charge in [-0.2, -0.15) is 0 Å². The van der Waals surface area contributed by atoms with E-state index in [1.807, 2.05) is 18.2 Å². The van der Waals surface area contributed by atoms with Crippen LogP contribution in [0, 0.1) is 10.1 Å². The van der Waals surface area contributed by atoms with Crippen LogP contribution in [0.4, 0.5) is 5.69 Å². The second kappa shape index (κ2) is 7.81. The summed E-state index contributed by atoms with van der Waals surface area (Å²) in [6.45, 7) is 2.08. The number of nitrogens with zero attached hydrogens (tertiary/aromatic N) is 3. The quantitative estimate of drug-likeness (QED) is 0.263. The highest BCUT2D eigenvalue weighted by Crippen LogP contribution is 2.36. The molecule has 2 aromatic carbocycles. The number of thioether (sulfide) groups is 2. The predicted octanol–water partition coefficient (Wildman–Crippen LogP) is 4.64. The number of nitro benzene ring substituents is 1. The third kappa shape index (κ3) is 3.57. The number of hydrogen-bond donors (Lipinski definition) is 0. The normalized spacial score (nSPS) is 13.9. The lowest BCUT2D eigenvalue weighted by atomic mass is 10.2. The second-order valence-corrected chi connectivity index (χ2v) is 8.77. The second-order valence-electron chi connectivity index (χ2n) is 6.35. The van der Waals surface area contributed by atoms with E-state index >= 15 is 0 Å². The molecule has 1 aromatic heterocycles. The maximum atomic E-state index is 13.2. The van der Waals surface area contributed by atoms with E-state index in [0.29, 0.717) is 15.7 Å². The molecule has 3 aromatic rings. The summed E-state index contributed by atoms with van der Waals surface area (Å²) >= 11 is 3.04. The Bertz CT molecular complexity index is 1080. The van der Waals surface area contributed by atoms with Gasteiger partial charge in [0.25, 0.3) is 11.2 Å². The monoisotopic (exact) mass is 411 g/mol. The van der Waals surface area contributed by atoms with Gasteiger partial charge in [-0.15, -0.1) is 11.8 Å². The van der Waals surface area contributed by atoms with E-state index in [2.05, 4.69) is 19.1 Å². The van der Waals surface area contributed by atoms with Gasteiger partial charge in [0, 0.05) is 29.6 Å². The van der Waals surface area contributed by atoms with Crippen LogP contribution in [0.5, 0.6) is 0 Å². The van der Waals surface area contributed by atoms with Crippen LogP contribution in [0.2, 0.25) is 0 Å². The summed E-state index contributed by atoms with van der Waals surface area (Å²) in [6.07, 6.45) is 0.781. The van der Waals surface area contributed by atoms with E-state index < -0.39 is 4.92 Å². The van der Waals surface area contributed by atoms with Gasteiger partial charge in [-0.3, -0.25) is 19.5 Å². The van der Waals surface area contributed by atoms with Crippen molar-refractivity contribution in [2.45, 2.75) is 28.6 Å². The zero-order valence-electron chi connectivity index (χ0n) is 15.1. The Hall–Kier alpha value is -2.58. The van der Waals surface area contributed by atoms with Gasteiger partial charge >= 0.3 is 0 Å². The Morgan fingerprint density at radius 1 is 1.18 bits per heavy atom. The molecule has 0 bridgehead atoms. The Kier molecular flexibility index (Phi) is 5.23. The van der Waals surface area contributed by atoms with E-state index in [-0.39, 0.29) is 16.5 Å². The number of aryl methyl sites for hydroxylation is 1. The van der Waals surface area contributed by atoms with E-state index in [1.54, 1.807) is 16.7 Å². The number of rotatable bonds is 5. The standard InChI is InChI=1S/C20H17N3O3S2/c1-13(14-5-3-2-4-6-14)28-20-21-17-11-12-27-18(17)19(24)22(20)15-7-9-16(10-8-15)23(25)26/h2-10,13H,11-12H2,1H3/t13-/m1/s1. The van der Waals surface area contributed by atoms with Gasteiger partial charge in [0.2, 0.25) is 0 Å². The molecular weight excluding hydrogens is 394 g/mol. The smallest absolute Gasteiger partial charge is 0.268 e. The summed E-state index contributed by atoms with van der Waals surface area (Å²) in [4.78, 5) is 29.1. The Labute approximate surface area is 170 Å². The molecule has 0 spiro atoms. The van der Waals surface area contributed by atoms with Gasteiger partial charge in [0.05, 0.1) is 21.2 Å². The van der Waals surface area contributed by atoms with E-state index in [9.17, 15) is 14.9 Å². The third-order valence-corrected chi connectivity index (χ3v) is 6.75. The largest absolute Gasteiger partial charge is 0.272 e. The van der Waals surface area contributed by atoms with Crippen LogP contribution < -0.4 is 5.56 Å². The maximum absolute atomic E-state index is 13.2. The highest BCUT2D eigenvalue weighted by molar-refractivity contribution is 7.99. The fourth-order valence-electron chi connectivity index (χ4n) is 3.07. The maximum Gasteiger partial charge on any atom is 0.272 e. The first-order valence-electron chi connectivity index (χ1n) is 8.80. The number of fused-ring (bicyclic) bond motifs is 1. The molecule has 6 nitrogen and oxygen atoms in total. The van der Waals surface area contributed by atoms with Gasteiger partial charge in [0.1, 0.15) is 0 Å². The summed E-state index contributed by atoms with van der Waals surface area (Å²) in [5.41, 5.74) is 2.46. The first-order valence-corrected chi connectivity index (χ1v) is 10.7. The SMILES string of the molecule is C[C@@H](Sc1nc2c(c(=O)n1-c1ccc([N+](=O)[O-])cc1)SCC2)c1ccccc1. The van der Waals surface area contributed by atoms with Crippen LogP contribution in [0.1, 0.15) is 23.4 Å². The van der Waals surface area contributed by atoms with Crippen molar-refractivity contribution in [3.63, 3.8) is 0 Å². The summed E-state index contributed by atoms with van der Waals surface area (Å²) in [5.74, 6) is 0.847. The Balaban J connectivity index is 1.80. The van der Waals surface area contributed by atoms with Crippen molar-refractivity contribution in [1.82, 2.24) is 9.55 Å². The minimum Gasteiger partial charge on any atom is -0.268 e. The van der Waals surface area contributed by atoms with E-state index in [1.165, 1.54) is 35.7 Å². The van der Waals surface area contributed by atoms with Crippen molar-refractivity contribution in [1.29, 1.82) is 0 Å². The van der Waals surface area contributed by atoms with Crippen LogP contribution >= 0.6 is 23.5 Å². The molecule has 8 heteroatoms. The van der Waals surface area contributed by atoms with E-state index in [0.717, 1.165) is 23.4 Å². The molecule has 2 heterocycles. The lowest BCUT2D eigenvalue weighted by Crippen LogP contribution is -2.24. The molecule has 28 heavy (non-hydrogen) atoms. The summed E-state index contributed by atoms with van der Waals surface area (Å²) in [6, 6.07) is 16.1. The molecule has 0 unspecified atom stereocenters. The Morgan fingerprint density at radius 3 is 2.57 bits per heavy atom. The number of non-ortho nitro benzene ring substituents is 1. The van der Waals surface area contributed by atoms with Gasteiger partial charge in [-0.1, -0.05) is 42.1 Å². The molecule has 142 valence electrons. The average molecular weight is 412 g/mol. The molecule has 0 aliphatic carbocycles. The minimum atomic E-state index is -0.448. The molecule has 0 amide bonds. The zero-order chi connectivity index (χ0) is 19.7. The minimum absolute atomic E-state index is 0.00727. The first-order chi connectivity index (χ1) is 13.5. The Morgan fingerprint density at radius 2 is 1.89 bits per heavy atom. The van der Waals surface area contributed by atoms with Gasteiger partial charge in [-0.25, -0.2) is 4.98 Å². The number of benzene rings is 2. The molecule has 0 fully saturated rings. The molecule has 1 aliphatic heterocycles.